The highest BCUT2D eigenvalue weighted by atomic mass is 35.5. The molecule has 1 saturated heterocycles. The van der Waals surface area contributed by atoms with E-state index in [0.717, 1.165) is 29.8 Å². The first kappa shape index (κ1) is 22.9. The summed E-state index contributed by atoms with van der Waals surface area (Å²) in [6.45, 7) is 1.89. The van der Waals surface area contributed by atoms with Gasteiger partial charge in [-0.25, -0.2) is 9.78 Å². The Morgan fingerprint density at radius 1 is 1.12 bits per heavy atom. The van der Waals surface area contributed by atoms with E-state index in [0.29, 0.717) is 34.3 Å². The van der Waals surface area contributed by atoms with Gasteiger partial charge in [-0.2, -0.15) is 5.10 Å². The van der Waals surface area contributed by atoms with E-state index in [1.54, 1.807) is 21.5 Å². The van der Waals surface area contributed by atoms with Gasteiger partial charge in [0.15, 0.2) is 5.65 Å². The topological polar surface area (TPSA) is 78.0 Å². The van der Waals surface area contributed by atoms with Crippen LogP contribution in [0.4, 0.5) is 0 Å². The number of likely N-dealkylation sites (N-methyl/N-ethyl adjacent to an activating group) is 1. The predicted octanol–water partition coefficient (Wildman–Crippen LogP) is 3.24. The van der Waals surface area contributed by atoms with Crippen molar-refractivity contribution in [2.24, 2.45) is 7.05 Å². The molecule has 34 heavy (non-hydrogen) atoms. The van der Waals surface area contributed by atoms with Crippen LogP contribution in [0.25, 0.3) is 11.0 Å². The molecule has 1 fully saturated rings. The van der Waals surface area contributed by atoms with Crippen LogP contribution >= 0.6 is 23.4 Å². The zero-order valence-electron chi connectivity index (χ0n) is 19.0. The molecule has 1 aromatic carbocycles. The van der Waals surface area contributed by atoms with Gasteiger partial charge in [0, 0.05) is 30.7 Å². The Labute approximate surface area is 205 Å². The molecule has 3 aromatic heterocycles. The summed E-state index contributed by atoms with van der Waals surface area (Å²) in [6.07, 6.45) is 3.80. The third-order valence-corrected chi connectivity index (χ3v) is 7.66. The molecule has 4 heterocycles. The van der Waals surface area contributed by atoms with E-state index in [-0.39, 0.29) is 17.3 Å². The van der Waals surface area contributed by atoms with Crippen molar-refractivity contribution in [3.63, 3.8) is 0 Å². The molecular weight excluding hydrogens is 472 g/mol. The average Bonchev–Trinajstić information content (AvgIpc) is 3.40. The Morgan fingerprint density at radius 2 is 1.91 bits per heavy atom. The van der Waals surface area contributed by atoms with Crippen LogP contribution < -0.4 is 11.2 Å². The van der Waals surface area contributed by atoms with E-state index >= 15 is 0 Å². The maximum Gasteiger partial charge on any atom is 0.332 e. The number of nitrogens with zero attached hydrogens (tertiary/aromatic N) is 6. The lowest BCUT2D eigenvalue weighted by Crippen LogP contribution is -2.41. The largest absolute Gasteiger partial charge is 0.332 e. The minimum absolute atomic E-state index is 0.231. The first-order chi connectivity index (χ1) is 16.4. The Hall–Kier alpha value is -2.88. The van der Waals surface area contributed by atoms with E-state index in [4.69, 9.17) is 16.7 Å². The molecule has 4 aromatic rings. The molecule has 1 aliphatic heterocycles. The van der Waals surface area contributed by atoms with Crippen LogP contribution in [0.2, 0.25) is 5.15 Å². The molecule has 5 rings (SSSR count). The van der Waals surface area contributed by atoms with Gasteiger partial charge >= 0.3 is 5.69 Å². The van der Waals surface area contributed by atoms with Gasteiger partial charge in [0.05, 0.1) is 6.54 Å². The van der Waals surface area contributed by atoms with Gasteiger partial charge in [0.25, 0.3) is 5.56 Å². The van der Waals surface area contributed by atoms with E-state index in [9.17, 15) is 9.59 Å². The number of hydrogen-bond acceptors (Lipinski definition) is 6. The summed E-state index contributed by atoms with van der Waals surface area (Å²) < 4.78 is 4.65. The van der Waals surface area contributed by atoms with Gasteiger partial charge < -0.3 is 4.90 Å². The zero-order chi connectivity index (χ0) is 23.8. The molecule has 1 aliphatic rings. The Kier molecular flexibility index (Phi) is 6.33. The summed E-state index contributed by atoms with van der Waals surface area (Å²) in [6, 6.07) is 13.7. The summed E-state index contributed by atoms with van der Waals surface area (Å²) in [4.78, 5) is 34.0. The quantitative estimate of drug-likeness (QED) is 0.381. The number of likely N-dealkylation sites (tertiary alicyclic amines) is 1. The van der Waals surface area contributed by atoms with E-state index in [1.807, 2.05) is 36.4 Å². The van der Waals surface area contributed by atoms with Crippen molar-refractivity contribution in [3.05, 3.63) is 80.2 Å². The molecule has 0 amide bonds. The van der Waals surface area contributed by atoms with Crippen LogP contribution in [0.3, 0.4) is 0 Å². The van der Waals surface area contributed by atoms with Gasteiger partial charge in [-0.05, 0) is 50.2 Å². The smallest absolute Gasteiger partial charge is 0.302 e. The van der Waals surface area contributed by atoms with Crippen molar-refractivity contribution in [1.29, 1.82) is 0 Å². The van der Waals surface area contributed by atoms with Crippen molar-refractivity contribution in [2.45, 2.75) is 41.9 Å². The third kappa shape index (κ3) is 4.31. The highest BCUT2D eigenvalue weighted by Gasteiger charge is 2.26. The molecule has 1 atom stereocenters. The van der Waals surface area contributed by atoms with Crippen LogP contribution in [0.1, 0.15) is 18.4 Å². The highest BCUT2D eigenvalue weighted by Crippen LogP contribution is 2.32. The van der Waals surface area contributed by atoms with Crippen molar-refractivity contribution in [1.82, 2.24) is 28.8 Å². The fraction of sp³-hybridized carbons (Fsp3) is 0.333. The maximum atomic E-state index is 13.4. The van der Waals surface area contributed by atoms with Crippen molar-refractivity contribution >= 4 is 34.4 Å². The average molecular weight is 497 g/mol. The fourth-order valence-electron chi connectivity index (χ4n) is 4.41. The van der Waals surface area contributed by atoms with E-state index in [1.165, 1.54) is 23.4 Å². The standard InChI is InChI=1S/C24H25ClN6O2S/c1-28-12-6-7-17(28)15-30-21-20(22(32)29(2)24(30)33)23(34-18-8-4-3-5-9-18)31(27-21)14-16-10-11-19(25)26-13-16/h3-5,8-11,13,17H,6-7,12,14-15H2,1-2H3. The van der Waals surface area contributed by atoms with Crippen LogP contribution in [0.15, 0.2) is 68.2 Å². The SMILES string of the molecule is CN1CCCC1Cn1c(=O)n(C)c(=O)c2c(Sc3ccccc3)n(Cc3ccc(Cl)nc3)nc21. The maximum absolute atomic E-state index is 13.4. The number of hydrogen-bond donors (Lipinski definition) is 0. The second-order valence-corrected chi connectivity index (χ2v) is 10.0. The van der Waals surface area contributed by atoms with Crippen molar-refractivity contribution in [2.75, 3.05) is 13.6 Å². The Bertz CT molecular complexity index is 1450. The number of halogens is 1. The lowest BCUT2D eigenvalue weighted by molar-refractivity contribution is 0.280. The summed E-state index contributed by atoms with van der Waals surface area (Å²) >= 11 is 7.43. The monoisotopic (exact) mass is 496 g/mol. The zero-order valence-corrected chi connectivity index (χ0v) is 20.6. The van der Waals surface area contributed by atoms with Gasteiger partial charge in [0.2, 0.25) is 0 Å². The molecule has 0 saturated carbocycles. The van der Waals surface area contributed by atoms with Crippen molar-refractivity contribution in [3.8, 4) is 0 Å². The summed E-state index contributed by atoms with van der Waals surface area (Å²) in [5.74, 6) is 0. The lowest BCUT2D eigenvalue weighted by atomic mass is 10.2. The van der Waals surface area contributed by atoms with Crippen LogP contribution in [-0.2, 0) is 20.1 Å². The highest BCUT2D eigenvalue weighted by molar-refractivity contribution is 7.99. The van der Waals surface area contributed by atoms with Gasteiger partial charge in [-0.15, -0.1) is 0 Å². The van der Waals surface area contributed by atoms with Gasteiger partial charge in [0.1, 0.15) is 15.6 Å². The number of rotatable bonds is 6. The fourth-order valence-corrected chi connectivity index (χ4v) is 5.53. The van der Waals surface area contributed by atoms with Gasteiger partial charge in [-0.1, -0.05) is 47.6 Å². The summed E-state index contributed by atoms with van der Waals surface area (Å²) in [5.41, 5.74) is 0.643. The molecule has 0 spiro atoms. The Morgan fingerprint density at radius 3 is 2.59 bits per heavy atom. The number of pyridine rings is 1. The van der Waals surface area contributed by atoms with Gasteiger partial charge in [-0.3, -0.25) is 18.6 Å². The molecule has 0 N–H and O–H groups in total. The molecule has 176 valence electrons. The number of fused-ring (bicyclic) bond motifs is 1. The number of benzene rings is 1. The van der Waals surface area contributed by atoms with Crippen LogP contribution in [0.5, 0.6) is 0 Å². The molecule has 0 bridgehead atoms. The van der Waals surface area contributed by atoms with E-state index in [2.05, 4.69) is 16.9 Å². The van der Waals surface area contributed by atoms with Crippen LogP contribution in [0, 0.1) is 0 Å². The second kappa shape index (κ2) is 9.40. The normalized spacial score (nSPS) is 16.5. The summed E-state index contributed by atoms with van der Waals surface area (Å²) in [5, 5.41) is 6.39. The Balaban J connectivity index is 1.70. The lowest BCUT2D eigenvalue weighted by Gasteiger charge is -2.20. The minimum Gasteiger partial charge on any atom is -0.302 e. The molecule has 0 aliphatic carbocycles. The first-order valence-electron chi connectivity index (χ1n) is 11.2. The summed E-state index contributed by atoms with van der Waals surface area (Å²) in [7, 11) is 3.61. The second-order valence-electron chi connectivity index (χ2n) is 8.60. The predicted molar refractivity (Wildman–Crippen MR) is 134 cm³/mol. The first-order valence-corrected chi connectivity index (χ1v) is 12.4. The molecule has 10 heteroatoms. The third-order valence-electron chi connectivity index (χ3n) is 6.32. The number of aromatic nitrogens is 5. The minimum atomic E-state index is -0.341. The molecule has 8 nitrogen and oxygen atoms in total. The van der Waals surface area contributed by atoms with Crippen LogP contribution in [-0.4, -0.2) is 48.4 Å². The molecule has 1 unspecified atom stereocenters. The van der Waals surface area contributed by atoms with E-state index < -0.39 is 0 Å². The molecular formula is C24H25ClN6O2S. The molecule has 0 radical (unpaired) electrons. The van der Waals surface area contributed by atoms with Crippen molar-refractivity contribution < 1.29 is 0 Å².